The van der Waals surface area contributed by atoms with Gasteiger partial charge in [0.05, 0.1) is 33.5 Å². The number of ether oxygens (including phenoxy) is 4. The van der Waals surface area contributed by atoms with E-state index in [2.05, 4.69) is 20.0 Å². The summed E-state index contributed by atoms with van der Waals surface area (Å²) in [4.78, 5) is 35.9. The molecule has 0 aromatic carbocycles. The number of hydrogen-bond acceptors (Lipinski definition) is 16. The fourth-order valence-corrected chi connectivity index (χ4v) is 4.74. The van der Waals surface area contributed by atoms with Crippen LogP contribution in [0.5, 0.6) is 5.88 Å². The highest BCUT2D eigenvalue weighted by atomic mass is 31.2. The quantitative estimate of drug-likeness (QED) is 0.0807. The lowest BCUT2D eigenvalue weighted by Gasteiger charge is -2.28. The van der Waals surface area contributed by atoms with Crippen LogP contribution in [0.25, 0.3) is 0 Å². The van der Waals surface area contributed by atoms with Crippen molar-refractivity contribution in [2.45, 2.75) is 58.0 Å². The van der Waals surface area contributed by atoms with Crippen molar-refractivity contribution < 1.29 is 52.4 Å². The Kier molecular flexibility index (Phi) is 15.7. The number of aliphatic hydroxyl groups is 2. The summed E-state index contributed by atoms with van der Waals surface area (Å²) in [5.74, 6) is -1.74. The molecular formula is C23H41N6O11P. The molecule has 41 heavy (non-hydrogen) atoms. The average molecular weight is 609 g/mol. The molecule has 1 aromatic rings. The Morgan fingerprint density at radius 1 is 1.15 bits per heavy atom. The Labute approximate surface area is 238 Å². The summed E-state index contributed by atoms with van der Waals surface area (Å²) in [6.07, 6.45) is -2.99. The lowest BCUT2D eigenvalue weighted by molar-refractivity contribution is -0.145. The largest absolute Gasteiger partial charge is 0.479 e. The van der Waals surface area contributed by atoms with E-state index in [1.165, 1.54) is 20.4 Å². The second-order valence-electron chi connectivity index (χ2n) is 8.91. The number of nitrogens with one attached hydrogen (secondary N) is 1. The molecule has 0 amide bonds. The predicted molar refractivity (Wildman–Crippen MR) is 148 cm³/mol. The third kappa shape index (κ3) is 12.2. The van der Waals surface area contributed by atoms with Gasteiger partial charge >= 0.3 is 19.7 Å². The van der Waals surface area contributed by atoms with E-state index >= 15 is 0 Å². The lowest BCUT2D eigenvalue weighted by atomic mass is 10.1. The van der Waals surface area contributed by atoms with Gasteiger partial charge in [-0.05, 0) is 19.3 Å². The number of nitrogens with two attached hydrogens (primary N) is 2. The lowest BCUT2D eigenvalue weighted by Crippen LogP contribution is -2.42. The van der Waals surface area contributed by atoms with Crippen LogP contribution in [0.4, 0.5) is 17.5 Å². The summed E-state index contributed by atoms with van der Waals surface area (Å²) in [5.41, 5.74) is 11.4. The number of rotatable bonds is 19. The van der Waals surface area contributed by atoms with Crippen LogP contribution in [0.2, 0.25) is 0 Å². The summed E-state index contributed by atoms with van der Waals surface area (Å²) in [5, 5.41) is 23.7. The Morgan fingerprint density at radius 3 is 2.39 bits per heavy atom. The zero-order valence-corrected chi connectivity index (χ0v) is 24.9. The van der Waals surface area contributed by atoms with Gasteiger partial charge in [0.1, 0.15) is 18.2 Å². The van der Waals surface area contributed by atoms with Crippen LogP contribution in [0.1, 0.15) is 33.6 Å². The molecule has 1 heterocycles. The van der Waals surface area contributed by atoms with Gasteiger partial charge in [-0.2, -0.15) is 9.97 Å². The average Bonchev–Trinajstić information content (AvgIpc) is 2.92. The van der Waals surface area contributed by atoms with Crippen molar-refractivity contribution in [2.24, 2.45) is 10.9 Å². The van der Waals surface area contributed by atoms with E-state index in [4.69, 9.17) is 39.5 Å². The number of esters is 2. The summed E-state index contributed by atoms with van der Waals surface area (Å²) in [7, 11) is -0.673. The number of nitrogen functional groups attached to an aromatic ring is 2. The van der Waals surface area contributed by atoms with E-state index in [9.17, 15) is 24.4 Å². The van der Waals surface area contributed by atoms with E-state index in [1.54, 1.807) is 6.92 Å². The topological polar surface area (TPSA) is 249 Å². The number of aliphatic hydroxyl groups excluding tert-OH is 2. The number of hydrogen-bond donors (Lipinski definition) is 5. The second-order valence-corrected chi connectivity index (χ2v) is 10.7. The van der Waals surface area contributed by atoms with Crippen molar-refractivity contribution in [3.05, 3.63) is 0 Å². The van der Waals surface area contributed by atoms with E-state index in [-0.39, 0.29) is 48.7 Å². The molecule has 0 radical (unpaired) electrons. The number of carbonyl (C=O) groups is 2. The normalized spacial score (nSPS) is 16.1. The van der Waals surface area contributed by atoms with E-state index < -0.39 is 57.3 Å². The van der Waals surface area contributed by atoms with Gasteiger partial charge in [-0.3, -0.25) is 18.8 Å². The third-order valence-electron chi connectivity index (χ3n) is 5.31. The van der Waals surface area contributed by atoms with Gasteiger partial charge in [0.2, 0.25) is 11.8 Å². The molecule has 0 bridgehead atoms. The monoisotopic (exact) mass is 608 g/mol. The van der Waals surface area contributed by atoms with Crippen molar-refractivity contribution in [3.63, 3.8) is 0 Å². The first-order valence-electron chi connectivity index (χ1n) is 12.6. The molecule has 0 fully saturated rings. The molecule has 0 spiro atoms. The maximum atomic E-state index is 13.6. The molecule has 0 aliphatic heterocycles. The minimum Gasteiger partial charge on any atom is -0.479 e. The first-order chi connectivity index (χ1) is 19.3. The van der Waals surface area contributed by atoms with Crippen molar-refractivity contribution in [1.29, 1.82) is 0 Å². The Balaban J connectivity index is 3.01. The van der Waals surface area contributed by atoms with Gasteiger partial charge < -0.3 is 40.6 Å². The highest BCUT2D eigenvalue weighted by Gasteiger charge is 2.36. The smallest absolute Gasteiger partial charge is 0.406 e. The first-order valence-corrected chi connectivity index (χ1v) is 14.1. The molecule has 0 aliphatic carbocycles. The molecular weight excluding hydrogens is 567 g/mol. The predicted octanol–water partition coefficient (Wildman–Crippen LogP) is 0.361. The fourth-order valence-electron chi connectivity index (χ4n) is 3.31. The van der Waals surface area contributed by atoms with Crippen LogP contribution in [0, 0.1) is 5.92 Å². The molecule has 0 aliphatic rings. The van der Waals surface area contributed by atoms with Crippen LogP contribution in [-0.4, -0.2) is 104 Å². The van der Waals surface area contributed by atoms with Gasteiger partial charge in [-0.15, -0.1) is 0 Å². The van der Waals surface area contributed by atoms with Crippen LogP contribution in [0.3, 0.4) is 0 Å². The van der Waals surface area contributed by atoms with Crippen molar-refractivity contribution >= 4 is 43.4 Å². The van der Waals surface area contributed by atoms with Crippen LogP contribution in [-0.2, 0) is 37.4 Å². The summed E-state index contributed by atoms with van der Waals surface area (Å²) in [6.45, 7) is 3.96. The van der Waals surface area contributed by atoms with Gasteiger partial charge in [0, 0.05) is 19.7 Å². The molecule has 0 saturated carbocycles. The molecule has 17 nitrogen and oxygen atoms in total. The number of aromatic nitrogens is 2. The van der Waals surface area contributed by atoms with Gasteiger partial charge in [-0.25, -0.2) is 14.4 Å². The summed E-state index contributed by atoms with van der Waals surface area (Å²) in [6, 6.07) is -1.11. The fraction of sp³-hybridized carbons (Fsp3) is 0.696. The van der Waals surface area contributed by atoms with Crippen molar-refractivity contribution in [2.75, 3.05) is 52.6 Å². The number of anilines is 2. The van der Waals surface area contributed by atoms with Gasteiger partial charge in [-0.1, -0.05) is 13.8 Å². The third-order valence-corrected chi connectivity index (χ3v) is 6.89. The van der Waals surface area contributed by atoms with Crippen LogP contribution in [0.15, 0.2) is 4.99 Å². The zero-order chi connectivity index (χ0) is 31.2. The van der Waals surface area contributed by atoms with E-state index in [0.717, 1.165) is 7.11 Å². The molecule has 3 unspecified atom stereocenters. The zero-order valence-electron chi connectivity index (χ0n) is 24.0. The maximum Gasteiger partial charge on any atom is 0.406 e. The number of nitrogens with zero attached hydrogens (tertiary/aromatic N) is 3. The SMILES string of the molecule is CCOC(=O)COP(=O)(N[C@@H](CC(C)C)C(=O)OC)OCC(OC)C(O)[C@H](O)CC=Nc1c(N)nc(N)nc1OC. The number of aliphatic imine (C=N–C) groups is 1. The summed E-state index contributed by atoms with van der Waals surface area (Å²) >= 11 is 0. The van der Waals surface area contributed by atoms with Crippen LogP contribution >= 0.6 is 7.75 Å². The molecule has 7 N–H and O–H groups in total. The molecule has 0 saturated heterocycles. The summed E-state index contributed by atoms with van der Waals surface area (Å²) < 4.78 is 44.1. The Hall–Kier alpha value is -2.92. The highest BCUT2D eigenvalue weighted by Crippen LogP contribution is 2.45. The van der Waals surface area contributed by atoms with Crippen molar-refractivity contribution in [3.8, 4) is 5.88 Å². The van der Waals surface area contributed by atoms with Crippen LogP contribution < -0.4 is 21.3 Å². The Bertz CT molecular complexity index is 1060. The molecule has 5 atom stereocenters. The van der Waals surface area contributed by atoms with Gasteiger partial charge in [0.15, 0.2) is 18.1 Å². The molecule has 1 aromatic heterocycles. The minimum atomic E-state index is -4.40. The minimum absolute atomic E-state index is 0.0123. The van der Waals surface area contributed by atoms with Gasteiger partial charge in [0.25, 0.3) is 0 Å². The van der Waals surface area contributed by atoms with E-state index in [1.807, 2.05) is 13.8 Å². The number of methoxy groups -OCH3 is 3. The number of carbonyl (C=O) groups excluding carboxylic acids is 2. The van der Waals surface area contributed by atoms with E-state index in [0.29, 0.717) is 0 Å². The maximum absolute atomic E-state index is 13.6. The molecule has 234 valence electrons. The molecule has 1 rings (SSSR count). The first kappa shape index (κ1) is 36.1. The highest BCUT2D eigenvalue weighted by molar-refractivity contribution is 7.51. The van der Waals surface area contributed by atoms with Crippen molar-refractivity contribution in [1.82, 2.24) is 15.1 Å². The standard InChI is InChI=1S/C23H41N6O11P/c1-7-38-17(31)12-40-41(34,29-14(10-13(2)3)22(33)37-6)39-11-16(35-4)19(32)15(30)8-9-26-18-20(24)27-23(25)28-21(18)36-5/h9,13-16,19,30,32H,7-8,10-12H2,1-6H3,(H,29,34)(H4,24,25,27,28)/t14-,15+,16?,19?,41?/m0/s1. The second kappa shape index (κ2) is 17.8. The molecule has 18 heteroatoms. The Morgan fingerprint density at radius 2 is 1.83 bits per heavy atom.